The van der Waals surface area contributed by atoms with Crippen molar-refractivity contribution in [3.05, 3.63) is 101 Å². The maximum Gasteiger partial charge on any atom is 0.416 e. The smallest absolute Gasteiger partial charge is 0.416 e. The van der Waals surface area contributed by atoms with E-state index >= 15 is 0 Å². The van der Waals surface area contributed by atoms with Crippen LogP contribution in [0.1, 0.15) is 28.3 Å². The van der Waals surface area contributed by atoms with Crippen LogP contribution in [0.3, 0.4) is 0 Å². The molecular formula is C25H24F3NO2. The summed E-state index contributed by atoms with van der Waals surface area (Å²) in [6.45, 7) is 1.20. The van der Waals surface area contributed by atoms with E-state index in [1.807, 2.05) is 30.3 Å². The third kappa shape index (κ3) is 5.09. The van der Waals surface area contributed by atoms with Crippen LogP contribution in [0.15, 0.2) is 78.9 Å². The standard InChI is InChI=1S/C25H24F3NO2/c26-25(27,28)20-10-12-22(13-11-20)31-17-21(30)16-29-15-14-18-6-4-5-9-23(18)24(29)19-7-2-1-3-8-19/h1-13,21,24,30H,14-17H2/t21-,24+/m0/s1. The lowest BCUT2D eigenvalue weighted by Gasteiger charge is -2.38. The van der Waals surface area contributed by atoms with Gasteiger partial charge in [-0.2, -0.15) is 13.2 Å². The SMILES string of the molecule is O[C@H](COc1ccc(C(F)(F)F)cc1)CN1CCc2ccccc2[C@H]1c1ccccc1. The van der Waals surface area contributed by atoms with Gasteiger partial charge < -0.3 is 9.84 Å². The van der Waals surface area contributed by atoms with Crippen LogP contribution < -0.4 is 4.74 Å². The molecule has 0 saturated carbocycles. The van der Waals surface area contributed by atoms with Gasteiger partial charge in [-0.15, -0.1) is 0 Å². The van der Waals surface area contributed by atoms with E-state index in [4.69, 9.17) is 4.74 Å². The molecule has 31 heavy (non-hydrogen) atoms. The molecule has 0 aromatic heterocycles. The van der Waals surface area contributed by atoms with Gasteiger partial charge in [0.2, 0.25) is 0 Å². The van der Waals surface area contributed by atoms with Gasteiger partial charge in [0.05, 0.1) is 11.6 Å². The zero-order valence-corrected chi connectivity index (χ0v) is 16.9. The summed E-state index contributed by atoms with van der Waals surface area (Å²) in [4.78, 5) is 2.23. The van der Waals surface area contributed by atoms with E-state index < -0.39 is 17.8 Å². The van der Waals surface area contributed by atoms with Gasteiger partial charge in [-0.05, 0) is 47.4 Å². The van der Waals surface area contributed by atoms with Crippen LogP contribution >= 0.6 is 0 Å². The van der Waals surface area contributed by atoms with E-state index in [9.17, 15) is 18.3 Å². The number of ether oxygens (including phenoxy) is 1. The highest BCUT2D eigenvalue weighted by Crippen LogP contribution is 2.35. The number of halogens is 3. The highest BCUT2D eigenvalue weighted by molar-refractivity contribution is 5.39. The Morgan fingerprint density at radius 2 is 1.61 bits per heavy atom. The first kappa shape index (κ1) is 21.4. The van der Waals surface area contributed by atoms with Crippen molar-refractivity contribution < 1.29 is 23.0 Å². The molecule has 2 atom stereocenters. The van der Waals surface area contributed by atoms with Crippen molar-refractivity contribution in [2.24, 2.45) is 0 Å². The minimum Gasteiger partial charge on any atom is -0.491 e. The van der Waals surface area contributed by atoms with Crippen LogP contribution in [0, 0.1) is 0 Å². The maximum atomic E-state index is 12.7. The molecule has 0 amide bonds. The number of β-amino-alcohol motifs (C(OH)–C–C–N with tert-alkyl or cyclic N) is 1. The second kappa shape index (κ2) is 9.12. The van der Waals surface area contributed by atoms with Crippen molar-refractivity contribution in [2.45, 2.75) is 24.7 Å². The molecule has 1 N–H and O–H groups in total. The summed E-state index contributed by atoms with van der Waals surface area (Å²) in [7, 11) is 0. The number of hydrogen-bond acceptors (Lipinski definition) is 3. The first-order valence-electron chi connectivity index (χ1n) is 10.3. The molecule has 6 heteroatoms. The van der Waals surface area contributed by atoms with Gasteiger partial charge in [0.15, 0.2) is 0 Å². The third-order valence-electron chi connectivity index (χ3n) is 5.57. The average Bonchev–Trinajstić information content (AvgIpc) is 2.78. The Morgan fingerprint density at radius 3 is 2.32 bits per heavy atom. The highest BCUT2D eigenvalue weighted by Gasteiger charge is 2.31. The fourth-order valence-corrected chi connectivity index (χ4v) is 4.10. The topological polar surface area (TPSA) is 32.7 Å². The Balaban J connectivity index is 1.44. The number of hydrogen-bond donors (Lipinski definition) is 1. The lowest BCUT2D eigenvalue weighted by molar-refractivity contribution is -0.137. The number of rotatable bonds is 6. The summed E-state index contributed by atoms with van der Waals surface area (Å²) in [5.41, 5.74) is 2.97. The molecule has 3 aromatic rings. The molecule has 3 nitrogen and oxygen atoms in total. The van der Waals surface area contributed by atoms with Crippen molar-refractivity contribution in [3.8, 4) is 5.75 Å². The van der Waals surface area contributed by atoms with Crippen LogP contribution in [-0.2, 0) is 12.6 Å². The Kier molecular flexibility index (Phi) is 6.30. The van der Waals surface area contributed by atoms with Crippen LogP contribution in [0.4, 0.5) is 13.2 Å². The van der Waals surface area contributed by atoms with Crippen LogP contribution in [-0.4, -0.2) is 35.8 Å². The van der Waals surface area contributed by atoms with E-state index in [2.05, 4.69) is 29.2 Å². The Labute approximate surface area is 179 Å². The zero-order chi connectivity index (χ0) is 21.8. The van der Waals surface area contributed by atoms with Gasteiger partial charge in [0.25, 0.3) is 0 Å². The summed E-state index contributed by atoms with van der Waals surface area (Å²) in [6.07, 6.45) is -4.26. The number of benzene rings is 3. The lowest BCUT2D eigenvalue weighted by Crippen LogP contribution is -2.42. The Bertz CT molecular complexity index is 990. The van der Waals surface area contributed by atoms with E-state index in [0.717, 1.165) is 30.7 Å². The monoisotopic (exact) mass is 427 g/mol. The molecule has 0 bridgehead atoms. The van der Waals surface area contributed by atoms with Gasteiger partial charge >= 0.3 is 6.18 Å². The number of alkyl halides is 3. The maximum absolute atomic E-state index is 12.7. The average molecular weight is 427 g/mol. The van der Waals surface area contributed by atoms with E-state index in [-0.39, 0.29) is 12.6 Å². The van der Waals surface area contributed by atoms with Crippen molar-refractivity contribution in [3.63, 3.8) is 0 Å². The predicted octanol–water partition coefficient (Wildman–Crippen LogP) is 5.09. The molecule has 3 aromatic carbocycles. The minimum atomic E-state index is -4.38. The quantitative estimate of drug-likeness (QED) is 0.595. The largest absolute Gasteiger partial charge is 0.491 e. The van der Waals surface area contributed by atoms with Crippen molar-refractivity contribution >= 4 is 0 Å². The molecule has 1 aliphatic heterocycles. The molecule has 1 heterocycles. The zero-order valence-electron chi connectivity index (χ0n) is 16.9. The van der Waals surface area contributed by atoms with Crippen LogP contribution in [0.25, 0.3) is 0 Å². The summed E-state index contributed by atoms with van der Waals surface area (Å²) in [5, 5.41) is 10.6. The Hall–Kier alpha value is -2.83. The first-order chi connectivity index (χ1) is 14.9. The predicted molar refractivity (Wildman–Crippen MR) is 113 cm³/mol. The van der Waals surface area contributed by atoms with Gasteiger partial charge in [-0.3, -0.25) is 4.90 Å². The van der Waals surface area contributed by atoms with Crippen molar-refractivity contribution in [2.75, 3.05) is 19.7 Å². The molecule has 1 aliphatic rings. The normalized spacial score (nSPS) is 17.7. The van der Waals surface area contributed by atoms with Crippen LogP contribution in [0.5, 0.6) is 5.75 Å². The van der Waals surface area contributed by atoms with Gasteiger partial charge in [0.1, 0.15) is 18.5 Å². The van der Waals surface area contributed by atoms with Gasteiger partial charge in [-0.1, -0.05) is 54.6 Å². The van der Waals surface area contributed by atoms with E-state index in [0.29, 0.717) is 12.3 Å². The summed E-state index contributed by atoms with van der Waals surface area (Å²) in [6, 6.07) is 23.1. The van der Waals surface area contributed by atoms with E-state index in [1.165, 1.54) is 23.3 Å². The molecule has 0 radical (unpaired) electrons. The summed E-state index contributed by atoms with van der Waals surface area (Å²) < 4.78 is 43.6. The van der Waals surface area contributed by atoms with Crippen molar-refractivity contribution in [1.29, 1.82) is 0 Å². The highest BCUT2D eigenvalue weighted by atomic mass is 19.4. The third-order valence-corrected chi connectivity index (χ3v) is 5.57. The number of aliphatic hydroxyl groups excluding tert-OH is 1. The van der Waals surface area contributed by atoms with E-state index in [1.54, 1.807) is 0 Å². The molecule has 0 saturated heterocycles. The molecular weight excluding hydrogens is 403 g/mol. The molecule has 0 aliphatic carbocycles. The molecule has 0 spiro atoms. The summed E-state index contributed by atoms with van der Waals surface area (Å²) >= 11 is 0. The number of aliphatic hydroxyl groups is 1. The molecule has 0 fully saturated rings. The molecule has 4 rings (SSSR count). The number of fused-ring (bicyclic) bond motifs is 1. The van der Waals surface area contributed by atoms with Gasteiger partial charge in [-0.25, -0.2) is 0 Å². The fourth-order valence-electron chi connectivity index (χ4n) is 4.10. The van der Waals surface area contributed by atoms with Crippen LogP contribution in [0.2, 0.25) is 0 Å². The Morgan fingerprint density at radius 1 is 0.935 bits per heavy atom. The second-order valence-electron chi connectivity index (χ2n) is 7.74. The van der Waals surface area contributed by atoms with Gasteiger partial charge in [0, 0.05) is 13.1 Å². The number of nitrogens with zero attached hydrogens (tertiary/aromatic N) is 1. The molecule has 0 unspecified atom stereocenters. The van der Waals surface area contributed by atoms with Crippen molar-refractivity contribution in [1.82, 2.24) is 4.90 Å². The summed E-state index contributed by atoms with van der Waals surface area (Å²) in [5.74, 6) is 0.302. The fraction of sp³-hybridized carbons (Fsp3) is 0.280. The minimum absolute atomic E-state index is 0.00498. The second-order valence-corrected chi connectivity index (χ2v) is 7.74. The lowest BCUT2D eigenvalue weighted by atomic mass is 9.88. The molecule has 162 valence electrons. The first-order valence-corrected chi connectivity index (χ1v) is 10.3.